The van der Waals surface area contributed by atoms with Crippen LogP contribution < -0.4 is 10.0 Å². The molecule has 1 atom stereocenters. The van der Waals surface area contributed by atoms with Crippen molar-refractivity contribution in [3.05, 3.63) is 58.4 Å². The molecule has 126 valence electrons. The van der Waals surface area contributed by atoms with E-state index < -0.39 is 17.2 Å². The van der Waals surface area contributed by atoms with Crippen molar-refractivity contribution in [1.29, 1.82) is 0 Å². The highest BCUT2D eigenvalue weighted by Gasteiger charge is 2.27. The SMILES string of the molecule is COS(=O)N(C(=O)c1ccc(Cl)cc1)c1cc(C)ncc1C(N)=S. The molecule has 1 aromatic heterocycles. The largest absolute Gasteiger partial charge is 0.389 e. The number of carbonyl (C=O) groups excluding carboxylic acids is 1. The molecule has 1 heterocycles. The smallest absolute Gasteiger partial charge is 0.272 e. The van der Waals surface area contributed by atoms with Crippen LogP contribution in [0, 0.1) is 6.92 Å². The van der Waals surface area contributed by atoms with E-state index >= 15 is 0 Å². The van der Waals surface area contributed by atoms with Gasteiger partial charge in [0, 0.05) is 22.5 Å². The van der Waals surface area contributed by atoms with Gasteiger partial charge in [-0.15, -0.1) is 0 Å². The van der Waals surface area contributed by atoms with E-state index in [1.54, 1.807) is 25.1 Å². The summed E-state index contributed by atoms with van der Waals surface area (Å²) in [6.07, 6.45) is 1.43. The Morgan fingerprint density at radius 1 is 1.38 bits per heavy atom. The summed E-state index contributed by atoms with van der Waals surface area (Å²) in [5.74, 6) is -0.546. The maximum atomic E-state index is 12.8. The van der Waals surface area contributed by atoms with Crippen molar-refractivity contribution in [2.75, 3.05) is 11.4 Å². The highest BCUT2D eigenvalue weighted by molar-refractivity contribution is 7.82. The molecule has 1 amide bonds. The zero-order valence-electron chi connectivity index (χ0n) is 12.9. The summed E-state index contributed by atoms with van der Waals surface area (Å²) in [5.41, 5.74) is 7.17. The third-order valence-electron chi connectivity index (χ3n) is 3.07. The Kier molecular flexibility index (Phi) is 6.00. The third kappa shape index (κ3) is 3.96. The number of amides is 1. The van der Waals surface area contributed by atoms with E-state index in [9.17, 15) is 9.00 Å². The molecule has 1 unspecified atom stereocenters. The van der Waals surface area contributed by atoms with Crippen molar-refractivity contribution in [2.45, 2.75) is 6.92 Å². The quantitative estimate of drug-likeness (QED) is 0.798. The van der Waals surface area contributed by atoms with Gasteiger partial charge in [-0.2, -0.15) is 0 Å². The first kappa shape index (κ1) is 18.5. The number of hydrogen-bond acceptors (Lipinski definition) is 5. The van der Waals surface area contributed by atoms with Crippen LogP contribution in [0.5, 0.6) is 0 Å². The average Bonchev–Trinajstić information content (AvgIpc) is 2.55. The Morgan fingerprint density at radius 2 is 2.00 bits per heavy atom. The number of nitrogens with two attached hydrogens (primary N) is 1. The molecule has 2 rings (SSSR count). The lowest BCUT2D eigenvalue weighted by molar-refractivity contribution is 0.100. The first-order valence-corrected chi connectivity index (χ1v) is 8.49. The lowest BCUT2D eigenvalue weighted by Crippen LogP contribution is -2.35. The van der Waals surface area contributed by atoms with Crippen molar-refractivity contribution in [1.82, 2.24) is 4.98 Å². The average molecular weight is 384 g/mol. The second-order valence-corrected chi connectivity index (χ2v) is 6.71. The first-order chi connectivity index (χ1) is 11.3. The van der Waals surface area contributed by atoms with Gasteiger partial charge in [0.05, 0.1) is 18.4 Å². The molecule has 0 bridgehead atoms. The van der Waals surface area contributed by atoms with Gasteiger partial charge in [-0.3, -0.25) is 14.0 Å². The topological polar surface area (TPSA) is 85.5 Å². The van der Waals surface area contributed by atoms with E-state index in [1.165, 1.54) is 25.4 Å². The molecule has 24 heavy (non-hydrogen) atoms. The second-order valence-electron chi connectivity index (χ2n) is 4.70. The Bertz CT molecular complexity index is 812. The molecule has 1 aromatic carbocycles. The summed E-state index contributed by atoms with van der Waals surface area (Å²) < 4.78 is 18.2. The molecular formula is C15H14ClN3O3S2. The minimum absolute atomic E-state index is 0.0273. The van der Waals surface area contributed by atoms with Gasteiger partial charge in [-0.25, -0.2) is 8.51 Å². The number of nitrogens with zero attached hydrogens (tertiary/aromatic N) is 2. The minimum Gasteiger partial charge on any atom is -0.389 e. The zero-order chi connectivity index (χ0) is 17.9. The predicted molar refractivity (Wildman–Crippen MR) is 98.3 cm³/mol. The molecule has 9 heteroatoms. The number of hydrogen-bond donors (Lipinski definition) is 1. The maximum absolute atomic E-state index is 12.8. The van der Waals surface area contributed by atoms with Crippen LogP contribution in [-0.4, -0.2) is 27.2 Å². The molecule has 0 aliphatic rings. The fourth-order valence-corrected chi connectivity index (χ4v) is 2.93. The molecule has 0 saturated carbocycles. The summed E-state index contributed by atoms with van der Waals surface area (Å²) in [7, 11) is 1.23. The normalized spacial score (nSPS) is 11.8. The summed E-state index contributed by atoms with van der Waals surface area (Å²) in [6.45, 7) is 1.73. The lowest BCUT2D eigenvalue weighted by atomic mass is 10.1. The van der Waals surface area contributed by atoms with E-state index in [0.717, 1.165) is 4.31 Å². The summed E-state index contributed by atoms with van der Waals surface area (Å²) in [5, 5.41) is 0.481. The number of anilines is 1. The number of halogens is 1. The van der Waals surface area contributed by atoms with Crippen LogP contribution in [-0.2, 0) is 15.4 Å². The molecule has 0 aliphatic carbocycles. The lowest BCUT2D eigenvalue weighted by Gasteiger charge is -2.22. The van der Waals surface area contributed by atoms with Crippen LogP contribution in [0.2, 0.25) is 5.02 Å². The number of aryl methyl sites for hydroxylation is 1. The van der Waals surface area contributed by atoms with Gasteiger partial charge in [0.2, 0.25) is 0 Å². The van der Waals surface area contributed by atoms with Gasteiger partial charge >= 0.3 is 0 Å². The van der Waals surface area contributed by atoms with Gasteiger partial charge in [0.1, 0.15) is 4.99 Å². The molecule has 0 fully saturated rings. The predicted octanol–water partition coefficient (Wildman–Crippen LogP) is 2.55. The first-order valence-electron chi connectivity index (χ1n) is 6.68. The van der Waals surface area contributed by atoms with Gasteiger partial charge in [-0.05, 0) is 37.3 Å². The van der Waals surface area contributed by atoms with E-state index in [-0.39, 0.29) is 16.2 Å². The van der Waals surface area contributed by atoms with Crippen LogP contribution >= 0.6 is 23.8 Å². The van der Waals surface area contributed by atoms with Crippen LogP contribution in [0.15, 0.2) is 36.5 Å². The maximum Gasteiger partial charge on any atom is 0.272 e. The van der Waals surface area contributed by atoms with Crippen molar-refractivity contribution in [3.63, 3.8) is 0 Å². The van der Waals surface area contributed by atoms with E-state index in [1.807, 2.05) is 0 Å². The van der Waals surface area contributed by atoms with Crippen molar-refractivity contribution < 1.29 is 13.2 Å². The highest BCUT2D eigenvalue weighted by atomic mass is 35.5. The van der Waals surface area contributed by atoms with E-state index in [2.05, 4.69) is 4.98 Å². The Hall–Kier alpha value is -1.87. The fraction of sp³-hybridized carbons (Fsp3) is 0.133. The number of benzene rings is 1. The number of thiocarbonyl (C=S) groups is 1. The number of rotatable bonds is 5. The van der Waals surface area contributed by atoms with E-state index in [4.69, 9.17) is 33.7 Å². The van der Waals surface area contributed by atoms with E-state index in [0.29, 0.717) is 16.3 Å². The molecule has 2 N–H and O–H groups in total. The standard InChI is InChI=1S/C15H14ClN3O3S2/c1-9-7-13(12(8-18-9)14(17)23)19(24(21)22-2)15(20)10-3-5-11(16)6-4-10/h3-8H,1-2H3,(H2,17,23). The number of aromatic nitrogens is 1. The summed E-state index contributed by atoms with van der Waals surface area (Å²) >= 11 is 8.76. The van der Waals surface area contributed by atoms with Gasteiger partial charge in [0.25, 0.3) is 17.2 Å². The van der Waals surface area contributed by atoms with Crippen molar-refractivity contribution in [3.8, 4) is 0 Å². The van der Waals surface area contributed by atoms with Crippen molar-refractivity contribution in [2.24, 2.45) is 5.73 Å². The van der Waals surface area contributed by atoms with Gasteiger partial charge in [0.15, 0.2) is 0 Å². The Balaban J connectivity index is 2.60. The Labute approximate surface area is 152 Å². The molecule has 6 nitrogen and oxygen atoms in total. The van der Waals surface area contributed by atoms with Gasteiger partial charge < -0.3 is 5.73 Å². The molecule has 2 aromatic rings. The van der Waals surface area contributed by atoms with Crippen LogP contribution in [0.25, 0.3) is 0 Å². The Morgan fingerprint density at radius 3 is 2.54 bits per heavy atom. The van der Waals surface area contributed by atoms with Crippen LogP contribution in [0.3, 0.4) is 0 Å². The van der Waals surface area contributed by atoms with Crippen molar-refractivity contribution >= 4 is 51.7 Å². The molecular weight excluding hydrogens is 370 g/mol. The highest BCUT2D eigenvalue weighted by Crippen LogP contribution is 2.25. The van der Waals surface area contributed by atoms with Crippen LogP contribution in [0.1, 0.15) is 21.6 Å². The minimum atomic E-state index is -2.08. The number of carbonyl (C=O) groups is 1. The monoisotopic (exact) mass is 383 g/mol. The molecule has 0 aliphatic heterocycles. The molecule has 0 spiro atoms. The summed E-state index contributed by atoms with van der Waals surface area (Å²) in [6, 6.07) is 7.75. The summed E-state index contributed by atoms with van der Waals surface area (Å²) in [4.78, 5) is 17.0. The number of pyridine rings is 1. The molecule has 0 radical (unpaired) electrons. The van der Waals surface area contributed by atoms with Gasteiger partial charge in [-0.1, -0.05) is 23.8 Å². The molecule has 0 saturated heterocycles. The second kappa shape index (κ2) is 7.80. The van der Waals surface area contributed by atoms with Crippen LogP contribution in [0.4, 0.5) is 5.69 Å². The third-order valence-corrected chi connectivity index (χ3v) is 4.49. The fourth-order valence-electron chi connectivity index (χ4n) is 1.94. The zero-order valence-corrected chi connectivity index (χ0v) is 15.2.